The largest absolute Gasteiger partial charge is 0.503 e. The number of amides is 1. The summed E-state index contributed by atoms with van der Waals surface area (Å²) in [6.45, 7) is 1.74. The summed E-state index contributed by atoms with van der Waals surface area (Å²) in [5.74, 6) is -2.05. The minimum Gasteiger partial charge on any atom is -0.503 e. The van der Waals surface area contributed by atoms with Crippen molar-refractivity contribution < 1.29 is 28.8 Å². The molecule has 0 spiro atoms. The molecule has 10 nitrogen and oxygen atoms in total. The normalized spacial score (nSPS) is 15.8. The molecule has 1 aliphatic heterocycles. The maximum atomic E-state index is 13.7. The number of carbonyl (C=O) groups is 2. The van der Waals surface area contributed by atoms with Crippen LogP contribution in [0.15, 0.2) is 69.7 Å². The van der Waals surface area contributed by atoms with Gasteiger partial charge in [-0.15, -0.1) is 11.3 Å². The second-order valence-electron chi connectivity index (χ2n) is 7.78. The van der Waals surface area contributed by atoms with E-state index < -0.39 is 28.4 Å². The number of nitrogens with zero attached hydrogens (tertiary/aromatic N) is 3. The maximum absolute atomic E-state index is 13.7. The van der Waals surface area contributed by atoms with Crippen LogP contribution < -0.4 is 9.64 Å². The van der Waals surface area contributed by atoms with Crippen molar-refractivity contribution in [2.24, 2.45) is 0 Å². The summed E-state index contributed by atoms with van der Waals surface area (Å²) in [7, 11) is 1.47. The fraction of sp³-hybridized carbons (Fsp3) is 0.125. The highest BCUT2D eigenvalue weighted by Gasteiger charge is 2.46. The van der Waals surface area contributed by atoms with Crippen molar-refractivity contribution in [3.63, 3.8) is 0 Å². The average Bonchev–Trinajstić information content (AvgIpc) is 3.55. The van der Waals surface area contributed by atoms with Gasteiger partial charge in [-0.25, -0.2) is 4.98 Å². The SMILES string of the molecule is COc1cccc2cc(C(=O)C3=C(O)C(=O)N(c4nc(C)cs4)C3c3cccc([N+](=O)[O-])c3)oc12. The number of carbonyl (C=O) groups excluding carboxylic acids is 2. The van der Waals surface area contributed by atoms with Crippen LogP contribution in [-0.4, -0.2) is 33.8 Å². The number of benzene rings is 2. The lowest BCUT2D eigenvalue weighted by atomic mass is 9.95. The number of thiazole rings is 1. The molecule has 0 bridgehead atoms. The Morgan fingerprint density at radius 2 is 2.03 bits per heavy atom. The zero-order chi connectivity index (χ0) is 24.9. The monoisotopic (exact) mass is 491 g/mol. The van der Waals surface area contributed by atoms with E-state index in [1.807, 2.05) is 0 Å². The van der Waals surface area contributed by atoms with Gasteiger partial charge in [0.1, 0.15) is 0 Å². The lowest BCUT2D eigenvalue weighted by Gasteiger charge is -2.24. The van der Waals surface area contributed by atoms with Crippen molar-refractivity contribution >= 4 is 44.8 Å². The highest BCUT2D eigenvalue weighted by atomic mass is 32.1. The van der Waals surface area contributed by atoms with Gasteiger partial charge in [-0.3, -0.25) is 24.6 Å². The van der Waals surface area contributed by atoms with E-state index in [9.17, 15) is 24.8 Å². The molecule has 1 N–H and O–H groups in total. The minimum atomic E-state index is -1.16. The second kappa shape index (κ2) is 8.37. The smallest absolute Gasteiger partial charge is 0.296 e. The Labute approximate surface area is 201 Å². The molecule has 2 aromatic heterocycles. The number of hydrogen-bond donors (Lipinski definition) is 1. The molecular formula is C24H17N3O7S. The minimum absolute atomic E-state index is 0.119. The van der Waals surface area contributed by atoms with Gasteiger partial charge < -0.3 is 14.3 Å². The van der Waals surface area contributed by atoms with Crippen LogP contribution in [0.1, 0.15) is 27.9 Å². The third-order valence-electron chi connectivity index (χ3n) is 5.61. The molecule has 5 rings (SSSR count). The number of aliphatic hydroxyl groups excluding tert-OH is 1. The molecule has 0 saturated carbocycles. The first kappa shape index (κ1) is 22.3. The van der Waals surface area contributed by atoms with E-state index >= 15 is 0 Å². The zero-order valence-corrected chi connectivity index (χ0v) is 19.2. The fourth-order valence-electron chi connectivity index (χ4n) is 4.05. The average molecular weight is 491 g/mol. The molecule has 3 heterocycles. The molecule has 2 aromatic carbocycles. The van der Waals surface area contributed by atoms with E-state index in [0.717, 1.165) is 11.3 Å². The Morgan fingerprint density at radius 1 is 1.26 bits per heavy atom. The van der Waals surface area contributed by atoms with E-state index in [1.54, 1.807) is 36.6 Å². The molecule has 4 aromatic rings. The zero-order valence-electron chi connectivity index (χ0n) is 18.4. The lowest BCUT2D eigenvalue weighted by Crippen LogP contribution is -2.31. The number of nitro benzene ring substituents is 1. The molecular weight excluding hydrogens is 474 g/mol. The van der Waals surface area contributed by atoms with E-state index in [-0.39, 0.29) is 27.7 Å². The van der Waals surface area contributed by atoms with Crippen molar-refractivity contribution in [2.75, 3.05) is 12.0 Å². The first-order chi connectivity index (χ1) is 16.8. The molecule has 1 aliphatic rings. The number of aliphatic hydroxyl groups is 1. The molecule has 1 atom stereocenters. The Bertz CT molecular complexity index is 1550. The van der Waals surface area contributed by atoms with Crippen LogP contribution in [-0.2, 0) is 4.79 Å². The number of non-ortho nitro benzene ring substituents is 1. The fourth-order valence-corrected chi connectivity index (χ4v) is 4.88. The predicted octanol–water partition coefficient (Wildman–Crippen LogP) is 4.90. The molecule has 1 amide bonds. The number of nitro groups is 1. The molecule has 176 valence electrons. The number of ether oxygens (including phenoxy) is 1. The maximum Gasteiger partial charge on any atom is 0.296 e. The Kier molecular flexibility index (Phi) is 5.33. The number of aryl methyl sites for hydroxylation is 1. The molecule has 35 heavy (non-hydrogen) atoms. The number of para-hydroxylation sites is 1. The van der Waals surface area contributed by atoms with Crippen molar-refractivity contribution in [2.45, 2.75) is 13.0 Å². The predicted molar refractivity (Wildman–Crippen MR) is 127 cm³/mol. The Morgan fingerprint density at radius 3 is 2.71 bits per heavy atom. The number of furan rings is 1. The highest BCUT2D eigenvalue weighted by molar-refractivity contribution is 7.14. The molecule has 0 saturated heterocycles. The van der Waals surface area contributed by atoms with Crippen LogP contribution in [0.25, 0.3) is 11.0 Å². The number of rotatable bonds is 6. The topological polar surface area (TPSA) is 136 Å². The summed E-state index contributed by atoms with van der Waals surface area (Å²) >= 11 is 1.15. The third-order valence-corrected chi connectivity index (χ3v) is 6.57. The van der Waals surface area contributed by atoms with E-state index in [0.29, 0.717) is 22.4 Å². The number of fused-ring (bicyclic) bond motifs is 1. The second-order valence-corrected chi connectivity index (χ2v) is 8.62. The number of Topliss-reactive ketones (excluding diaryl/α,β-unsaturated/α-hetero) is 1. The van der Waals surface area contributed by atoms with E-state index in [4.69, 9.17) is 9.15 Å². The van der Waals surface area contributed by atoms with Crippen molar-refractivity contribution in [1.82, 2.24) is 4.98 Å². The Hall–Kier alpha value is -4.51. The molecule has 0 aliphatic carbocycles. The molecule has 11 heteroatoms. The Balaban J connectivity index is 1.68. The summed E-state index contributed by atoms with van der Waals surface area (Å²) in [6.07, 6.45) is 0. The summed E-state index contributed by atoms with van der Waals surface area (Å²) in [6, 6.07) is 11.0. The highest BCUT2D eigenvalue weighted by Crippen LogP contribution is 2.44. The van der Waals surface area contributed by atoms with Gasteiger partial charge >= 0.3 is 0 Å². The van der Waals surface area contributed by atoms with Gasteiger partial charge in [0.05, 0.1) is 29.3 Å². The number of anilines is 1. The van der Waals surface area contributed by atoms with Crippen molar-refractivity contribution in [3.8, 4) is 5.75 Å². The van der Waals surface area contributed by atoms with Gasteiger partial charge in [0.15, 0.2) is 28.0 Å². The number of ketones is 1. The van der Waals surface area contributed by atoms with Crippen LogP contribution in [0.2, 0.25) is 0 Å². The summed E-state index contributed by atoms with van der Waals surface area (Å²) in [4.78, 5) is 43.2. The van der Waals surface area contributed by atoms with Gasteiger partial charge in [0.2, 0.25) is 5.78 Å². The van der Waals surface area contributed by atoms with Crippen LogP contribution >= 0.6 is 11.3 Å². The summed E-state index contributed by atoms with van der Waals surface area (Å²) in [5, 5.41) is 24.8. The lowest BCUT2D eigenvalue weighted by molar-refractivity contribution is -0.384. The van der Waals surface area contributed by atoms with Gasteiger partial charge in [-0.05, 0) is 24.6 Å². The standard InChI is InChI=1S/C24H17N3O7S/c1-12-11-35-24(25-12)26-19(13-5-3-7-15(9-13)27(31)32)18(21(29)23(26)30)20(28)17-10-14-6-4-8-16(33-2)22(14)34-17/h3-11,19,29H,1-2H3. The number of aromatic nitrogens is 1. The molecule has 1 unspecified atom stereocenters. The van der Waals surface area contributed by atoms with Crippen LogP contribution in [0.5, 0.6) is 5.75 Å². The van der Waals surface area contributed by atoms with E-state index in [2.05, 4.69) is 4.98 Å². The molecule has 0 radical (unpaired) electrons. The van der Waals surface area contributed by atoms with Crippen molar-refractivity contribution in [1.29, 1.82) is 0 Å². The first-order valence-corrected chi connectivity index (χ1v) is 11.2. The van der Waals surface area contributed by atoms with Gasteiger partial charge in [-0.2, -0.15) is 0 Å². The molecule has 0 fully saturated rings. The van der Waals surface area contributed by atoms with Crippen LogP contribution in [0.4, 0.5) is 10.8 Å². The van der Waals surface area contributed by atoms with Gasteiger partial charge in [0.25, 0.3) is 11.6 Å². The van der Waals surface area contributed by atoms with Gasteiger partial charge in [0, 0.05) is 22.9 Å². The summed E-state index contributed by atoms with van der Waals surface area (Å²) in [5.41, 5.74) is 0.751. The number of hydrogen-bond acceptors (Lipinski definition) is 9. The van der Waals surface area contributed by atoms with Gasteiger partial charge in [-0.1, -0.05) is 24.3 Å². The summed E-state index contributed by atoms with van der Waals surface area (Å²) < 4.78 is 11.1. The van der Waals surface area contributed by atoms with Crippen molar-refractivity contribution in [3.05, 3.63) is 92.4 Å². The third kappa shape index (κ3) is 3.62. The number of methoxy groups -OCH3 is 1. The quantitative estimate of drug-likeness (QED) is 0.229. The van der Waals surface area contributed by atoms with Crippen LogP contribution in [0, 0.1) is 17.0 Å². The van der Waals surface area contributed by atoms with E-state index in [1.165, 1.54) is 36.3 Å². The first-order valence-electron chi connectivity index (χ1n) is 10.3. The van der Waals surface area contributed by atoms with Crippen LogP contribution in [0.3, 0.4) is 0 Å².